The van der Waals surface area contributed by atoms with Gasteiger partial charge in [-0.2, -0.15) is 0 Å². The third kappa shape index (κ3) is 3.62. The zero-order chi connectivity index (χ0) is 18.1. The fraction of sp³-hybridized carbons (Fsp3) is 0.474. The van der Waals surface area contributed by atoms with Gasteiger partial charge < -0.3 is 4.90 Å². The molecule has 2 aromatic rings. The van der Waals surface area contributed by atoms with Crippen LogP contribution in [0.5, 0.6) is 0 Å². The molecule has 7 heteroatoms. The van der Waals surface area contributed by atoms with Gasteiger partial charge in [0.25, 0.3) is 0 Å². The highest BCUT2D eigenvalue weighted by Crippen LogP contribution is 2.33. The Balaban J connectivity index is 1.42. The summed E-state index contributed by atoms with van der Waals surface area (Å²) in [6, 6.07) is 3.88. The summed E-state index contributed by atoms with van der Waals surface area (Å²) in [6.45, 7) is 4.11. The van der Waals surface area contributed by atoms with Crippen LogP contribution in [0.1, 0.15) is 40.2 Å². The number of ketones is 1. The second kappa shape index (κ2) is 7.15. The Labute approximate surface area is 156 Å². The van der Waals surface area contributed by atoms with Crippen LogP contribution in [0.15, 0.2) is 24.5 Å². The topological polar surface area (TPSA) is 66.4 Å². The maximum absolute atomic E-state index is 12.6. The summed E-state index contributed by atoms with van der Waals surface area (Å²) in [4.78, 5) is 38.1. The van der Waals surface area contributed by atoms with Crippen molar-refractivity contribution in [2.45, 2.75) is 32.6 Å². The average Bonchev–Trinajstić information content (AvgIpc) is 3.28. The van der Waals surface area contributed by atoms with Crippen LogP contribution in [0, 0.1) is 12.8 Å². The summed E-state index contributed by atoms with van der Waals surface area (Å²) >= 11 is 1.34. The molecular weight excluding hydrogens is 348 g/mol. The predicted molar refractivity (Wildman–Crippen MR) is 101 cm³/mol. The Bertz CT molecular complexity index is 816. The molecule has 0 unspecified atom stereocenters. The molecule has 0 aromatic carbocycles. The molecule has 2 amide bonds. The van der Waals surface area contributed by atoms with E-state index in [1.807, 2.05) is 24.0 Å². The van der Waals surface area contributed by atoms with E-state index in [0.29, 0.717) is 35.3 Å². The minimum absolute atomic E-state index is 0.0278. The van der Waals surface area contributed by atoms with Crippen LogP contribution in [0.2, 0.25) is 0 Å². The third-order valence-electron chi connectivity index (χ3n) is 4.90. The maximum Gasteiger partial charge on any atom is 0.326 e. The average molecular weight is 370 g/mol. The number of hydrogen-bond donors (Lipinski definition) is 0. The van der Waals surface area contributed by atoms with Gasteiger partial charge in [0.15, 0.2) is 10.9 Å². The Morgan fingerprint density at radius 3 is 2.92 bits per heavy atom. The van der Waals surface area contributed by atoms with Crippen LogP contribution in [-0.4, -0.2) is 46.3 Å². The molecule has 1 saturated carbocycles. The fourth-order valence-electron chi connectivity index (χ4n) is 3.22. The fourth-order valence-corrected chi connectivity index (χ4v) is 4.27. The highest BCUT2D eigenvalue weighted by molar-refractivity contribution is 7.17. The zero-order valence-electron chi connectivity index (χ0n) is 14.9. The molecule has 3 heterocycles. The van der Waals surface area contributed by atoms with Gasteiger partial charge in [-0.15, -0.1) is 0 Å². The number of aryl methyl sites for hydroxylation is 2. The molecule has 0 spiro atoms. The van der Waals surface area contributed by atoms with Crippen LogP contribution >= 0.6 is 11.3 Å². The normalized spacial score (nSPS) is 17.2. The number of anilines is 1. The van der Waals surface area contributed by atoms with Crippen molar-refractivity contribution in [3.05, 3.63) is 40.7 Å². The number of amides is 2. The second-order valence-corrected chi connectivity index (χ2v) is 8.00. The van der Waals surface area contributed by atoms with Crippen molar-refractivity contribution in [3.8, 4) is 0 Å². The summed E-state index contributed by atoms with van der Waals surface area (Å²) in [6.07, 6.45) is 7.07. The van der Waals surface area contributed by atoms with E-state index in [0.717, 1.165) is 24.3 Å². The second-order valence-electron chi connectivity index (χ2n) is 7.02. The monoisotopic (exact) mass is 370 g/mol. The molecule has 0 atom stereocenters. The number of pyridine rings is 1. The van der Waals surface area contributed by atoms with Crippen LogP contribution in [0.3, 0.4) is 0 Å². The van der Waals surface area contributed by atoms with E-state index in [1.165, 1.54) is 24.2 Å². The molecule has 26 heavy (non-hydrogen) atoms. The zero-order valence-corrected chi connectivity index (χ0v) is 15.7. The van der Waals surface area contributed by atoms with Crippen molar-refractivity contribution in [2.24, 2.45) is 5.92 Å². The van der Waals surface area contributed by atoms with Gasteiger partial charge in [0.2, 0.25) is 0 Å². The lowest BCUT2D eigenvalue weighted by Crippen LogP contribution is -2.33. The number of carbonyl (C=O) groups excluding carboxylic acids is 2. The van der Waals surface area contributed by atoms with E-state index in [4.69, 9.17) is 0 Å². The molecular formula is C19H22N4O2S. The SMILES string of the molecule is Cc1nc(N2CCN(CC3CC3)C2=O)sc1C(=O)CCc1cccnc1. The summed E-state index contributed by atoms with van der Waals surface area (Å²) < 4.78 is 0. The predicted octanol–water partition coefficient (Wildman–Crippen LogP) is 3.31. The molecule has 2 aliphatic rings. The van der Waals surface area contributed by atoms with E-state index in [1.54, 1.807) is 17.3 Å². The summed E-state index contributed by atoms with van der Waals surface area (Å²) in [5.74, 6) is 0.762. The Morgan fingerprint density at radius 2 is 2.19 bits per heavy atom. The summed E-state index contributed by atoms with van der Waals surface area (Å²) in [7, 11) is 0. The van der Waals surface area contributed by atoms with E-state index in [9.17, 15) is 9.59 Å². The Kier molecular flexibility index (Phi) is 4.72. The van der Waals surface area contributed by atoms with Crippen molar-refractivity contribution in [3.63, 3.8) is 0 Å². The summed E-state index contributed by atoms with van der Waals surface area (Å²) in [5, 5.41) is 0.649. The minimum Gasteiger partial charge on any atom is -0.322 e. The van der Waals surface area contributed by atoms with Crippen LogP contribution < -0.4 is 4.90 Å². The first-order valence-corrected chi connectivity index (χ1v) is 9.89. The quantitative estimate of drug-likeness (QED) is 0.701. The first-order chi connectivity index (χ1) is 12.6. The molecule has 2 fully saturated rings. The van der Waals surface area contributed by atoms with Gasteiger partial charge in [-0.3, -0.25) is 14.7 Å². The molecule has 6 nitrogen and oxygen atoms in total. The van der Waals surface area contributed by atoms with Gasteiger partial charge in [0.05, 0.1) is 10.6 Å². The van der Waals surface area contributed by atoms with Gasteiger partial charge in [-0.25, -0.2) is 9.78 Å². The largest absolute Gasteiger partial charge is 0.326 e. The van der Waals surface area contributed by atoms with Crippen molar-refractivity contribution < 1.29 is 9.59 Å². The molecule has 1 saturated heterocycles. The van der Waals surface area contributed by atoms with Crippen LogP contribution in [0.25, 0.3) is 0 Å². The first kappa shape index (κ1) is 17.1. The van der Waals surface area contributed by atoms with E-state index in [-0.39, 0.29) is 11.8 Å². The molecule has 136 valence electrons. The highest BCUT2D eigenvalue weighted by Gasteiger charge is 2.35. The van der Waals surface area contributed by atoms with Gasteiger partial charge in [0, 0.05) is 38.4 Å². The number of nitrogens with zero attached hydrogens (tertiary/aromatic N) is 4. The van der Waals surface area contributed by atoms with Crippen molar-refractivity contribution in [1.82, 2.24) is 14.9 Å². The molecule has 1 aliphatic carbocycles. The lowest BCUT2D eigenvalue weighted by atomic mass is 10.1. The number of rotatable bonds is 7. The van der Waals surface area contributed by atoms with Gasteiger partial charge in [-0.1, -0.05) is 17.4 Å². The standard InChI is InChI=1S/C19H22N4O2S/c1-13-17(16(24)7-6-14-3-2-8-20-11-14)26-18(21-13)23-10-9-22(19(23)25)12-15-4-5-15/h2-3,8,11,15H,4-7,9-10,12H2,1H3. The molecule has 0 N–H and O–H groups in total. The number of Topliss-reactive ketones (excluding diaryl/α,β-unsaturated/α-hetero) is 1. The van der Waals surface area contributed by atoms with Crippen LogP contribution in [-0.2, 0) is 6.42 Å². The van der Waals surface area contributed by atoms with E-state index >= 15 is 0 Å². The lowest BCUT2D eigenvalue weighted by molar-refractivity contribution is 0.0986. The minimum atomic E-state index is 0.0278. The van der Waals surface area contributed by atoms with Crippen molar-refractivity contribution >= 4 is 28.3 Å². The van der Waals surface area contributed by atoms with Crippen molar-refractivity contribution in [2.75, 3.05) is 24.5 Å². The molecule has 0 radical (unpaired) electrons. The van der Waals surface area contributed by atoms with E-state index < -0.39 is 0 Å². The molecule has 2 aromatic heterocycles. The lowest BCUT2D eigenvalue weighted by Gasteiger charge is -2.16. The Morgan fingerprint density at radius 1 is 1.35 bits per heavy atom. The molecule has 0 bridgehead atoms. The van der Waals surface area contributed by atoms with Gasteiger partial charge >= 0.3 is 6.03 Å². The maximum atomic E-state index is 12.6. The summed E-state index contributed by atoms with van der Waals surface area (Å²) in [5.41, 5.74) is 1.77. The molecule has 1 aliphatic heterocycles. The third-order valence-corrected chi connectivity index (χ3v) is 6.12. The number of carbonyl (C=O) groups is 2. The number of thiazole rings is 1. The number of hydrogen-bond acceptors (Lipinski definition) is 5. The first-order valence-electron chi connectivity index (χ1n) is 9.08. The van der Waals surface area contributed by atoms with Gasteiger partial charge in [-0.05, 0) is 43.7 Å². The van der Waals surface area contributed by atoms with Crippen LogP contribution in [0.4, 0.5) is 9.93 Å². The number of urea groups is 1. The van der Waals surface area contributed by atoms with Crippen molar-refractivity contribution in [1.29, 1.82) is 0 Å². The Hall–Kier alpha value is -2.28. The smallest absolute Gasteiger partial charge is 0.322 e. The highest BCUT2D eigenvalue weighted by atomic mass is 32.1. The number of aromatic nitrogens is 2. The van der Waals surface area contributed by atoms with E-state index in [2.05, 4.69) is 9.97 Å². The molecule has 4 rings (SSSR count). The van der Waals surface area contributed by atoms with Gasteiger partial charge in [0.1, 0.15) is 0 Å².